The SMILES string of the molecule is Cc1cc(C(=O)Nc2ccc(-c3nc4ccccc4[nH]3)cc2F)n(C)n1. The molecule has 4 rings (SSSR count). The standard InChI is InChI=1S/C19H16FN5O/c1-11-9-17(25(2)24-11)19(26)23-14-8-7-12(10-13(14)20)18-21-15-5-3-4-6-16(15)22-18/h3-10H,1-2H3,(H,21,22)(H,23,26). The van der Waals surface area contributed by atoms with Gasteiger partial charge in [-0.3, -0.25) is 9.48 Å². The fourth-order valence-corrected chi connectivity index (χ4v) is 2.86. The van der Waals surface area contributed by atoms with Gasteiger partial charge in [0.05, 0.1) is 22.4 Å². The maximum atomic E-state index is 14.5. The van der Waals surface area contributed by atoms with Gasteiger partial charge in [0, 0.05) is 12.6 Å². The second-order valence-corrected chi connectivity index (χ2v) is 6.05. The number of anilines is 1. The molecule has 0 radical (unpaired) electrons. The quantitative estimate of drug-likeness (QED) is 0.593. The number of rotatable bonds is 3. The lowest BCUT2D eigenvalue weighted by molar-refractivity contribution is 0.101. The fraction of sp³-hybridized carbons (Fsp3) is 0.105. The summed E-state index contributed by atoms with van der Waals surface area (Å²) in [5, 5.41) is 6.70. The van der Waals surface area contributed by atoms with Crippen LogP contribution in [0.4, 0.5) is 10.1 Å². The molecule has 2 aromatic heterocycles. The highest BCUT2D eigenvalue weighted by Crippen LogP contribution is 2.25. The number of nitrogens with one attached hydrogen (secondary N) is 2. The molecule has 2 heterocycles. The number of carbonyl (C=O) groups excluding carboxylic acids is 1. The largest absolute Gasteiger partial charge is 0.338 e. The topological polar surface area (TPSA) is 75.6 Å². The second kappa shape index (κ2) is 6.11. The van der Waals surface area contributed by atoms with Crippen LogP contribution in [-0.2, 0) is 7.05 Å². The van der Waals surface area contributed by atoms with Gasteiger partial charge in [-0.15, -0.1) is 0 Å². The lowest BCUT2D eigenvalue weighted by atomic mass is 10.2. The molecule has 130 valence electrons. The van der Waals surface area contributed by atoms with Crippen LogP contribution in [0.5, 0.6) is 0 Å². The van der Waals surface area contributed by atoms with E-state index in [0.29, 0.717) is 17.1 Å². The minimum Gasteiger partial charge on any atom is -0.338 e. The van der Waals surface area contributed by atoms with Crippen molar-refractivity contribution in [3.8, 4) is 11.4 Å². The summed E-state index contributed by atoms with van der Waals surface area (Å²) in [6.07, 6.45) is 0. The van der Waals surface area contributed by atoms with Crippen molar-refractivity contribution in [2.75, 3.05) is 5.32 Å². The Morgan fingerprint density at radius 3 is 2.69 bits per heavy atom. The maximum Gasteiger partial charge on any atom is 0.274 e. The van der Waals surface area contributed by atoms with E-state index in [1.54, 1.807) is 26.1 Å². The van der Waals surface area contributed by atoms with Crippen molar-refractivity contribution < 1.29 is 9.18 Å². The third-order valence-electron chi connectivity index (χ3n) is 4.11. The smallest absolute Gasteiger partial charge is 0.274 e. The first-order valence-corrected chi connectivity index (χ1v) is 8.08. The molecule has 0 saturated heterocycles. The van der Waals surface area contributed by atoms with E-state index >= 15 is 0 Å². The Balaban J connectivity index is 1.61. The molecule has 2 aromatic carbocycles. The van der Waals surface area contributed by atoms with E-state index < -0.39 is 11.7 Å². The molecule has 0 aliphatic carbocycles. The monoisotopic (exact) mass is 349 g/mol. The maximum absolute atomic E-state index is 14.5. The van der Waals surface area contributed by atoms with E-state index in [9.17, 15) is 9.18 Å². The Hall–Kier alpha value is -3.48. The number of aromatic amines is 1. The molecule has 0 bridgehead atoms. The highest BCUT2D eigenvalue weighted by Gasteiger charge is 2.15. The zero-order chi connectivity index (χ0) is 18.3. The summed E-state index contributed by atoms with van der Waals surface area (Å²) in [5.41, 5.74) is 3.49. The van der Waals surface area contributed by atoms with Gasteiger partial charge >= 0.3 is 0 Å². The van der Waals surface area contributed by atoms with Crippen LogP contribution in [0.15, 0.2) is 48.5 Å². The summed E-state index contributed by atoms with van der Waals surface area (Å²) in [6, 6.07) is 13.8. The number of carbonyl (C=O) groups is 1. The summed E-state index contributed by atoms with van der Waals surface area (Å²) >= 11 is 0. The molecule has 2 N–H and O–H groups in total. The Kier molecular flexibility index (Phi) is 3.76. The van der Waals surface area contributed by atoms with E-state index in [1.807, 2.05) is 24.3 Å². The number of benzene rings is 2. The number of fused-ring (bicyclic) bond motifs is 1. The number of nitrogens with zero attached hydrogens (tertiary/aromatic N) is 3. The van der Waals surface area contributed by atoms with E-state index in [1.165, 1.54) is 16.8 Å². The molecular formula is C19H16FN5O. The van der Waals surface area contributed by atoms with Gasteiger partial charge in [0.1, 0.15) is 17.3 Å². The zero-order valence-corrected chi connectivity index (χ0v) is 14.2. The number of H-pyrrole nitrogens is 1. The highest BCUT2D eigenvalue weighted by atomic mass is 19.1. The predicted octanol–water partition coefficient (Wildman–Crippen LogP) is 3.66. The molecule has 0 saturated carbocycles. The summed E-state index contributed by atoms with van der Waals surface area (Å²) in [5.74, 6) is -0.371. The molecule has 0 fully saturated rings. The summed E-state index contributed by atoms with van der Waals surface area (Å²) < 4.78 is 16.0. The average molecular weight is 349 g/mol. The minimum atomic E-state index is -0.532. The van der Waals surface area contributed by atoms with Gasteiger partial charge < -0.3 is 10.3 Å². The van der Waals surface area contributed by atoms with Gasteiger partial charge in [0.2, 0.25) is 0 Å². The highest BCUT2D eigenvalue weighted by molar-refractivity contribution is 6.03. The number of aryl methyl sites for hydroxylation is 2. The lowest BCUT2D eigenvalue weighted by Gasteiger charge is -2.07. The van der Waals surface area contributed by atoms with Gasteiger partial charge in [-0.05, 0) is 43.3 Å². The Bertz CT molecular complexity index is 1100. The first-order valence-electron chi connectivity index (χ1n) is 8.08. The number of amides is 1. The van der Waals surface area contributed by atoms with Gasteiger partial charge in [-0.25, -0.2) is 9.37 Å². The van der Waals surface area contributed by atoms with Crippen LogP contribution in [0.2, 0.25) is 0 Å². The van der Waals surface area contributed by atoms with Crippen LogP contribution in [0.25, 0.3) is 22.4 Å². The number of hydrogen-bond donors (Lipinski definition) is 2. The molecular weight excluding hydrogens is 333 g/mol. The first kappa shape index (κ1) is 16.0. The number of aromatic nitrogens is 4. The summed E-state index contributed by atoms with van der Waals surface area (Å²) in [7, 11) is 1.67. The Labute approximate surface area is 148 Å². The number of hydrogen-bond acceptors (Lipinski definition) is 3. The van der Waals surface area contributed by atoms with Crippen molar-refractivity contribution in [1.82, 2.24) is 19.7 Å². The van der Waals surface area contributed by atoms with Crippen LogP contribution >= 0.6 is 0 Å². The van der Waals surface area contributed by atoms with Crippen LogP contribution in [0, 0.1) is 12.7 Å². The second-order valence-electron chi connectivity index (χ2n) is 6.05. The molecule has 0 aliphatic rings. The summed E-state index contributed by atoms with van der Waals surface area (Å²) in [4.78, 5) is 19.9. The average Bonchev–Trinajstić information content (AvgIpc) is 3.19. The zero-order valence-electron chi connectivity index (χ0n) is 14.2. The molecule has 0 unspecified atom stereocenters. The van der Waals surface area contributed by atoms with Crippen molar-refractivity contribution in [2.24, 2.45) is 7.05 Å². The first-order chi connectivity index (χ1) is 12.5. The van der Waals surface area contributed by atoms with E-state index in [4.69, 9.17) is 0 Å². The predicted molar refractivity (Wildman–Crippen MR) is 97.4 cm³/mol. The van der Waals surface area contributed by atoms with Crippen molar-refractivity contribution in [1.29, 1.82) is 0 Å². The molecule has 26 heavy (non-hydrogen) atoms. The van der Waals surface area contributed by atoms with Crippen LogP contribution in [0.3, 0.4) is 0 Å². The van der Waals surface area contributed by atoms with Crippen molar-refractivity contribution in [3.05, 3.63) is 65.7 Å². The van der Waals surface area contributed by atoms with Crippen molar-refractivity contribution >= 4 is 22.6 Å². The van der Waals surface area contributed by atoms with Crippen LogP contribution in [0.1, 0.15) is 16.2 Å². The van der Waals surface area contributed by atoms with Gasteiger partial charge in [0.25, 0.3) is 5.91 Å². The molecule has 6 nitrogen and oxygen atoms in total. The fourth-order valence-electron chi connectivity index (χ4n) is 2.86. The van der Waals surface area contributed by atoms with E-state index in [2.05, 4.69) is 20.4 Å². The van der Waals surface area contributed by atoms with E-state index in [-0.39, 0.29) is 5.69 Å². The van der Waals surface area contributed by atoms with Gasteiger partial charge in [0.15, 0.2) is 0 Å². The van der Waals surface area contributed by atoms with Crippen molar-refractivity contribution in [3.63, 3.8) is 0 Å². The normalized spacial score (nSPS) is 11.0. The molecule has 0 atom stereocenters. The Morgan fingerprint density at radius 2 is 2.00 bits per heavy atom. The number of para-hydroxylation sites is 2. The third-order valence-corrected chi connectivity index (χ3v) is 4.11. The molecule has 0 spiro atoms. The van der Waals surface area contributed by atoms with Crippen molar-refractivity contribution in [2.45, 2.75) is 6.92 Å². The van der Waals surface area contributed by atoms with Crippen LogP contribution < -0.4 is 5.32 Å². The number of imidazole rings is 1. The Morgan fingerprint density at radius 1 is 1.19 bits per heavy atom. The molecule has 7 heteroatoms. The van der Waals surface area contributed by atoms with E-state index in [0.717, 1.165) is 16.7 Å². The summed E-state index contributed by atoms with van der Waals surface area (Å²) in [6.45, 7) is 1.79. The van der Waals surface area contributed by atoms with Crippen LogP contribution in [-0.4, -0.2) is 25.7 Å². The molecule has 4 aromatic rings. The third kappa shape index (κ3) is 2.83. The minimum absolute atomic E-state index is 0.105. The number of halogens is 1. The molecule has 1 amide bonds. The van der Waals surface area contributed by atoms with Gasteiger partial charge in [-0.1, -0.05) is 12.1 Å². The van der Waals surface area contributed by atoms with Gasteiger partial charge in [-0.2, -0.15) is 5.10 Å². The molecule has 0 aliphatic heterocycles. The lowest BCUT2D eigenvalue weighted by Crippen LogP contribution is -2.16.